The first-order chi connectivity index (χ1) is 9.97. The number of nitrogens with zero attached hydrogens (tertiary/aromatic N) is 1. The average molecular weight is 304 g/mol. The van der Waals surface area contributed by atoms with Crippen LogP contribution in [0.4, 0.5) is 5.69 Å². The molecule has 2 aromatic rings. The van der Waals surface area contributed by atoms with E-state index in [4.69, 9.17) is 21.8 Å². The van der Waals surface area contributed by atoms with Gasteiger partial charge in [0.2, 0.25) is 0 Å². The molecular formula is C15H10ClNO4. The van der Waals surface area contributed by atoms with E-state index in [1.165, 1.54) is 18.3 Å². The number of benzene rings is 2. The van der Waals surface area contributed by atoms with Crippen LogP contribution in [0.1, 0.15) is 26.3 Å². The van der Waals surface area contributed by atoms with Crippen molar-refractivity contribution in [2.75, 3.05) is 0 Å². The van der Waals surface area contributed by atoms with Crippen molar-refractivity contribution in [1.82, 2.24) is 0 Å². The standard InChI is InChI=1S/C15H10ClNO4/c16-12-3-1-2-4-13(12)17-8-9-5-10(14(18)19)7-11(6-9)15(20)21/h1-8H,(H,18,19)(H,20,21). The first-order valence-corrected chi connectivity index (χ1v) is 6.25. The summed E-state index contributed by atoms with van der Waals surface area (Å²) in [6.07, 6.45) is 1.38. The molecule has 0 bridgehead atoms. The lowest BCUT2D eigenvalue weighted by molar-refractivity contribution is 0.0696. The molecule has 2 N–H and O–H groups in total. The van der Waals surface area contributed by atoms with E-state index >= 15 is 0 Å². The highest BCUT2D eigenvalue weighted by atomic mass is 35.5. The normalized spacial score (nSPS) is 10.7. The largest absolute Gasteiger partial charge is 0.478 e. The van der Waals surface area contributed by atoms with Crippen molar-refractivity contribution in [3.63, 3.8) is 0 Å². The third-order valence-corrected chi connectivity index (χ3v) is 2.97. The summed E-state index contributed by atoms with van der Waals surface area (Å²) >= 11 is 5.95. The molecule has 0 amide bonds. The van der Waals surface area contributed by atoms with E-state index in [9.17, 15) is 9.59 Å². The van der Waals surface area contributed by atoms with E-state index in [2.05, 4.69) is 4.99 Å². The number of carboxylic acids is 2. The van der Waals surface area contributed by atoms with Gasteiger partial charge in [-0.2, -0.15) is 0 Å². The van der Waals surface area contributed by atoms with Crippen LogP contribution in [0, 0.1) is 0 Å². The van der Waals surface area contributed by atoms with E-state index < -0.39 is 11.9 Å². The van der Waals surface area contributed by atoms with Crippen molar-refractivity contribution < 1.29 is 19.8 Å². The third-order valence-electron chi connectivity index (χ3n) is 2.65. The molecule has 0 fully saturated rings. The number of halogens is 1. The number of carboxylic acid groups (broad SMARTS) is 2. The minimum atomic E-state index is -1.20. The Balaban J connectivity index is 2.42. The maximum Gasteiger partial charge on any atom is 0.335 e. The van der Waals surface area contributed by atoms with Gasteiger partial charge in [-0.15, -0.1) is 0 Å². The van der Waals surface area contributed by atoms with Gasteiger partial charge in [-0.1, -0.05) is 23.7 Å². The number of hydrogen-bond donors (Lipinski definition) is 2. The van der Waals surface area contributed by atoms with E-state index in [1.54, 1.807) is 24.3 Å². The molecule has 2 rings (SSSR count). The molecule has 0 aliphatic rings. The van der Waals surface area contributed by atoms with Gasteiger partial charge in [0, 0.05) is 6.21 Å². The van der Waals surface area contributed by atoms with Crippen molar-refractivity contribution in [2.24, 2.45) is 4.99 Å². The number of hydrogen-bond acceptors (Lipinski definition) is 3. The Labute approximate surface area is 125 Å². The Morgan fingerprint density at radius 2 is 1.57 bits per heavy atom. The van der Waals surface area contributed by atoms with Gasteiger partial charge in [0.1, 0.15) is 0 Å². The first-order valence-electron chi connectivity index (χ1n) is 5.87. The molecule has 6 heteroatoms. The highest BCUT2D eigenvalue weighted by molar-refractivity contribution is 6.33. The van der Waals surface area contributed by atoms with Crippen molar-refractivity contribution in [1.29, 1.82) is 0 Å². The number of aliphatic imine (C=N–C) groups is 1. The lowest BCUT2D eigenvalue weighted by atomic mass is 10.1. The lowest BCUT2D eigenvalue weighted by Gasteiger charge is -2.02. The molecule has 2 aromatic carbocycles. The highest BCUT2D eigenvalue weighted by Gasteiger charge is 2.10. The minimum Gasteiger partial charge on any atom is -0.478 e. The van der Waals surface area contributed by atoms with Gasteiger partial charge in [-0.05, 0) is 35.9 Å². The highest BCUT2D eigenvalue weighted by Crippen LogP contribution is 2.23. The van der Waals surface area contributed by atoms with E-state index in [0.717, 1.165) is 6.07 Å². The molecule has 0 aliphatic heterocycles. The molecule has 0 atom stereocenters. The zero-order valence-corrected chi connectivity index (χ0v) is 11.4. The summed E-state index contributed by atoms with van der Waals surface area (Å²) in [5, 5.41) is 18.4. The van der Waals surface area contributed by atoms with Crippen LogP contribution < -0.4 is 0 Å². The van der Waals surface area contributed by atoms with E-state index in [0.29, 0.717) is 16.3 Å². The van der Waals surface area contributed by atoms with Crippen LogP contribution in [0.2, 0.25) is 5.02 Å². The Kier molecular flexibility index (Phi) is 4.35. The Morgan fingerprint density at radius 1 is 1.00 bits per heavy atom. The Hall–Kier alpha value is -2.66. The number of rotatable bonds is 4. The SMILES string of the molecule is O=C(O)c1cc(C=Nc2ccccc2Cl)cc(C(=O)O)c1. The van der Waals surface area contributed by atoms with Crippen molar-refractivity contribution in [3.8, 4) is 0 Å². The fourth-order valence-corrected chi connectivity index (χ4v) is 1.86. The van der Waals surface area contributed by atoms with Crippen molar-refractivity contribution >= 4 is 35.4 Å². The molecule has 0 spiro atoms. The lowest BCUT2D eigenvalue weighted by Crippen LogP contribution is -2.03. The Bertz CT molecular complexity index is 708. The summed E-state index contributed by atoms with van der Waals surface area (Å²) in [6, 6.07) is 10.7. The summed E-state index contributed by atoms with van der Waals surface area (Å²) in [5.74, 6) is -2.41. The van der Waals surface area contributed by atoms with Gasteiger partial charge in [0.05, 0.1) is 21.8 Å². The zero-order chi connectivity index (χ0) is 15.4. The van der Waals surface area contributed by atoms with Gasteiger partial charge in [0.25, 0.3) is 0 Å². The summed E-state index contributed by atoms with van der Waals surface area (Å²) < 4.78 is 0. The summed E-state index contributed by atoms with van der Waals surface area (Å²) in [4.78, 5) is 26.1. The van der Waals surface area contributed by atoms with Crippen LogP contribution in [0.5, 0.6) is 0 Å². The third kappa shape index (κ3) is 3.67. The molecule has 0 saturated carbocycles. The quantitative estimate of drug-likeness (QED) is 0.846. The molecular weight excluding hydrogens is 294 g/mol. The predicted molar refractivity (Wildman–Crippen MR) is 79.1 cm³/mol. The van der Waals surface area contributed by atoms with E-state index in [1.807, 2.05) is 0 Å². The van der Waals surface area contributed by atoms with Crippen LogP contribution in [0.3, 0.4) is 0 Å². The van der Waals surface area contributed by atoms with Gasteiger partial charge < -0.3 is 10.2 Å². The maximum atomic E-state index is 11.0. The molecule has 0 heterocycles. The minimum absolute atomic E-state index is 0.115. The molecule has 0 aliphatic carbocycles. The number of para-hydroxylation sites is 1. The van der Waals surface area contributed by atoms with Crippen LogP contribution >= 0.6 is 11.6 Å². The van der Waals surface area contributed by atoms with Gasteiger partial charge >= 0.3 is 11.9 Å². The van der Waals surface area contributed by atoms with Gasteiger partial charge in [0.15, 0.2) is 0 Å². The molecule has 0 unspecified atom stereocenters. The fraction of sp³-hybridized carbons (Fsp3) is 0. The number of aromatic carboxylic acids is 2. The second-order valence-corrected chi connectivity index (χ2v) is 4.57. The van der Waals surface area contributed by atoms with Crippen LogP contribution in [0.25, 0.3) is 0 Å². The summed E-state index contributed by atoms with van der Waals surface area (Å²) in [7, 11) is 0. The monoisotopic (exact) mass is 303 g/mol. The predicted octanol–water partition coefficient (Wildman–Crippen LogP) is 3.49. The zero-order valence-electron chi connectivity index (χ0n) is 10.7. The maximum absolute atomic E-state index is 11.0. The van der Waals surface area contributed by atoms with Crippen LogP contribution in [-0.4, -0.2) is 28.4 Å². The fourth-order valence-electron chi connectivity index (χ4n) is 1.67. The molecule has 0 radical (unpaired) electrons. The summed E-state index contributed by atoms with van der Waals surface area (Å²) in [5.41, 5.74) is 0.648. The molecule has 106 valence electrons. The summed E-state index contributed by atoms with van der Waals surface area (Å²) in [6.45, 7) is 0. The molecule has 0 saturated heterocycles. The van der Waals surface area contributed by atoms with Gasteiger partial charge in [-0.3, -0.25) is 4.99 Å². The van der Waals surface area contributed by atoms with Crippen LogP contribution in [-0.2, 0) is 0 Å². The molecule has 0 aromatic heterocycles. The van der Waals surface area contributed by atoms with E-state index in [-0.39, 0.29) is 11.1 Å². The first kappa shape index (κ1) is 14.7. The van der Waals surface area contributed by atoms with Crippen molar-refractivity contribution in [3.05, 3.63) is 64.2 Å². The molecule has 5 nitrogen and oxygen atoms in total. The van der Waals surface area contributed by atoms with Crippen LogP contribution in [0.15, 0.2) is 47.5 Å². The average Bonchev–Trinajstić information content (AvgIpc) is 2.46. The molecule has 21 heavy (non-hydrogen) atoms. The number of carbonyl (C=O) groups is 2. The second-order valence-electron chi connectivity index (χ2n) is 4.16. The topological polar surface area (TPSA) is 87.0 Å². The Morgan fingerprint density at radius 3 is 2.10 bits per heavy atom. The second kappa shape index (κ2) is 6.19. The smallest absolute Gasteiger partial charge is 0.335 e. The van der Waals surface area contributed by atoms with Crippen molar-refractivity contribution in [2.45, 2.75) is 0 Å². The van der Waals surface area contributed by atoms with Gasteiger partial charge in [-0.25, -0.2) is 9.59 Å².